The van der Waals surface area contributed by atoms with Crippen LogP contribution >= 0.6 is 23.7 Å². The highest BCUT2D eigenvalue weighted by Gasteiger charge is 2.11. The van der Waals surface area contributed by atoms with Crippen LogP contribution in [0.5, 0.6) is 0 Å². The van der Waals surface area contributed by atoms with E-state index in [9.17, 15) is 4.39 Å². The molecule has 0 saturated carbocycles. The number of nitrogens with two attached hydrogens (primary N) is 1. The van der Waals surface area contributed by atoms with Crippen molar-refractivity contribution < 1.29 is 4.39 Å². The largest absolute Gasteiger partial charge is 0.320 e. The molecule has 0 amide bonds. The smallest absolute Gasteiger partial charge is 0.140 e. The molecular weight excluding hydrogens is 259 g/mol. The maximum Gasteiger partial charge on any atom is 0.140 e. The third kappa shape index (κ3) is 2.83. The summed E-state index contributed by atoms with van der Waals surface area (Å²) >= 11 is 1.56. The molecule has 0 aliphatic carbocycles. The highest BCUT2D eigenvalue weighted by molar-refractivity contribution is 7.08. The number of hydrogen-bond acceptors (Lipinski definition) is 3. The van der Waals surface area contributed by atoms with E-state index in [2.05, 4.69) is 0 Å². The molecule has 2 N–H and O–H groups in total. The van der Waals surface area contributed by atoms with Gasteiger partial charge < -0.3 is 5.73 Å². The van der Waals surface area contributed by atoms with Crippen molar-refractivity contribution in [3.63, 3.8) is 0 Å². The van der Waals surface area contributed by atoms with Crippen LogP contribution in [-0.4, -0.2) is 0 Å². The standard InChI is InChI=1S/C12H9FN2S.ClH/c13-11-2-1-8(5-10(11)6-14)12(15)9-3-4-16-7-9;/h1-5,7,12H,15H2;1H/t12-;/m1./s1. The summed E-state index contributed by atoms with van der Waals surface area (Å²) < 4.78 is 13.1. The Balaban J connectivity index is 0.00000144. The predicted octanol–water partition coefficient (Wildman–Crippen LogP) is 3.23. The van der Waals surface area contributed by atoms with Gasteiger partial charge in [0.15, 0.2) is 0 Å². The van der Waals surface area contributed by atoms with E-state index in [4.69, 9.17) is 11.0 Å². The van der Waals surface area contributed by atoms with E-state index < -0.39 is 5.82 Å². The number of nitriles is 1. The fourth-order valence-corrected chi connectivity index (χ4v) is 2.16. The fraction of sp³-hybridized carbons (Fsp3) is 0.0833. The second kappa shape index (κ2) is 5.78. The first-order valence-electron chi connectivity index (χ1n) is 4.69. The van der Waals surface area contributed by atoms with E-state index in [1.54, 1.807) is 17.4 Å². The summed E-state index contributed by atoms with van der Waals surface area (Å²) in [6.45, 7) is 0. The summed E-state index contributed by atoms with van der Waals surface area (Å²) in [7, 11) is 0. The molecule has 2 nitrogen and oxygen atoms in total. The normalized spacial score (nSPS) is 11.4. The van der Waals surface area contributed by atoms with Crippen LogP contribution in [-0.2, 0) is 0 Å². The molecule has 2 rings (SSSR count). The van der Waals surface area contributed by atoms with Gasteiger partial charge in [-0.1, -0.05) is 6.07 Å². The number of rotatable bonds is 2. The summed E-state index contributed by atoms with van der Waals surface area (Å²) in [5.74, 6) is -0.510. The zero-order valence-electron chi connectivity index (χ0n) is 8.76. The van der Waals surface area contributed by atoms with Crippen LogP contribution in [0.2, 0.25) is 0 Å². The van der Waals surface area contributed by atoms with Gasteiger partial charge in [-0.3, -0.25) is 0 Å². The Morgan fingerprint density at radius 2 is 2.06 bits per heavy atom. The second-order valence-electron chi connectivity index (χ2n) is 3.39. The minimum Gasteiger partial charge on any atom is -0.320 e. The zero-order chi connectivity index (χ0) is 11.5. The SMILES string of the molecule is Cl.N#Cc1cc([C@@H](N)c2ccsc2)ccc1F. The molecule has 0 fully saturated rings. The Kier molecular flexibility index (Phi) is 4.64. The van der Waals surface area contributed by atoms with Crippen LogP contribution in [0.25, 0.3) is 0 Å². The summed E-state index contributed by atoms with van der Waals surface area (Å²) in [5, 5.41) is 12.6. The van der Waals surface area contributed by atoms with E-state index in [-0.39, 0.29) is 24.0 Å². The van der Waals surface area contributed by atoms with Gasteiger partial charge in [0.1, 0.15) is 11.9 Å². The molecule has 0 bridgehead atoms. The molecule has 0 radical (unpaired) electrons. The maximum atomic E-state index is 13.1. The van der Waals surface area contributed by atoms with Crippen LogP contribution in [0.4, 0.5) is 4.39 Å². The Labute approximate surface area is 109 Å². The number of thiophene rings is 1. The van der Waals surface area contributed by atoms with Gasteiger partial charge in [0, 0.05) is 0 Å². The Morgan fingerprint density at radius 3 is 2.65 bits per heavy atom. The van der Waals surface area contributed by atoms with Gasteiger partial charge in [0.2, 0.25) is 0 Å². The van der Waals surface area contributed by atoms with Gasteiger partial charge in [-0.25, -0.2) is 4.39 Å². The van der Waals surface area contributed by atoms with Crippen LogP contribution in [0.3, 0.4) is 0 Å². The average molecular weight is 269 g/mol. The lowest BCUT2D eigenvalue weighted by Crippen LogP contribution is -2.11. The topological polar surface area (TPSA) is 49.8 Å². The molecule has 2 aromatic rings. The molecular formula is C12H10ClFN2S. The van der Waals surface area contributed by atoms with Gasteiger partial charge in [-0.15, -0.1) is 12.4 Å². The molecule has 0 aliphatic heterocycles. The van der Waals surface area contributed by atoms with Crippen molar-refractivity contribution >= 4 is 23.7 Å². The highest BCUT2D eigenvalue weighted by atomic mass is 35.5. The zero-order valence-corrected chi connectivity index (χ0v) is 10.4. The van der Waals surface area contributed by atoms with Crippen molar-refractivity contribution in [2.75, 3.05) is 0 Å². The van der Waals surface area contributed by atoms with Gasteiger partial charge in [0.25, 0.3) is 0 Å². The fourth-order valence-electron chi connectivity index (χ4n) is 1.47. The lowest BCUT2D eigenvalue weighted by atomic mass is 10.0. The number of hydrogen-bond donors (Lipinski definition) is 1. The molecule has 5 heteroatoms. The molecule has 0 saturated heterocycles. The lowest BCUT2D eigenvalue weighted by Gasteiger charge is -2.10. The number of nitrogens with zero attached hydrogens (tertiary/aromatic N) is 1. The molecule has 0 spiro atoms. The van der Waals surface area contributed by atoms with E-state index in [1.165, 1.54) is 12.1 Å². The average Bonchev–Trinajstić information content (AvgIpc) is 2.82. The summed E-state index contributed by atoms with van der Waals surface area (Å²) in [6.07, 6.45) is 0. The molecule has 88 valence electrons. The third-order valence-corrected chi connectivity index (χ3v) is 3.07. The Bertz CT molecular complexity index is 534. The summed E-state index contributed by atoms with van der Waals surface area (Å²) in [4.78, 5) is 0. The molecule has 1 atom stereocenters. The molecule has 1 heterocycles. The molecule has 1 aromatic carbocycles. The first kappa shape index (κ1) is 13.7. The molecule has 17 heavy (non-hydrogen) atoms. The first-order chi connectivity index (χ1) is 7.72. The second-order valence-corrected chi connectivity index (χ2v) is 4.17. The van der Waals surface area contributed by atoms with Crippen molar-refractivity contribution in [3.8, 4) is 6.07 Å². The highest BCUT2D eigenvalue weighted by Crippen LogP contribution is 2.23. The summed E-state index contributed by atoms with van der Waals surface area (Å²) in [6, 6.07) is 7.81. The maximum absolute atomic E-state index is 13.1. The minimum absolute atomic E-state index is 0. The van der Waals surface area contributed by atoms with Crippen molar-refractivity contribution in [1.82, 2.24) is 0 Å². The van der Waals surface area contributed by atoms with Gasteiger partial charge >= 0.3 is 0 Å². The van der Waals surface area contributed by atoms with Crippen molar-refractivity contribution in [1.29, 1.82) is 5.26 Å². The van der Waals surface area contributed by atoms with E-state index in [1.807, 2.05) is 22.9 Å². The van der Waals surface area contributed by atoms with Crippen LogP contribution in [0, 0.1) is 17.1 Å². The molecule has 0 unspecified atom stereocenters. The van der Waals surface area contributed by atoms with Crippen molar-refractivity contribution in [2.24, 2.45) is 5.73 Å². The molecule has 0 aliphatic rings. The monoisotopic (exact) mass is 268 g/mol. The van der Waals surface area contributed by atoms with Gasteiger partial charge in [0.05, 0.1) is 11.6 Å². The third-order valence-electron chi connectivity index (χ3n) is 2.37. The van der Waals surface area contributed by atoms with Crippen molar-refractivity contribution in [3.05, 3.63) is 57.5 Å². The number of benzene rings is 1. The van der Waals surface area contributed by atoms with Crippen molar-refractivity contribution in [2.45, 2.75) is 6.04 Å². The predicted molar refractivity (Wildman–Crippen MR) is 68.7 cm³/mol. The molecule has 1 aromatic heterocycles. The van der Waals surface area contributed by atoms with E-state index in [0.717, 1.165) is 11.1 Å². The van der Waals surface area contributed by atoms with E-state index >= 15 is 0 Å². The quantitative estimate of drug-likeness (QED) is 0.909. The van der Waals surface area contributed by atoms with Crippen LogP contribution < -0.4 is 5.73 Å². The summed E-state index contributed by atoms with van der Waals surface area (Å²) in [5.41, 5.74) is 7.76. The number of halogens is 2. The van der Waals surface area contributed by atoms with Gasteiger partial charge in [-0.05, 0) is 40.1 Å². The minimum atomic E-state index is -0.510. The lowest BCUT2D eigenvalue weighted by molar-refractivity contribution is 0.622. The Hall–Kier alpha value is -1.41. The van der Waals surface area contributed by atoms with Gasteiger partial charge in [-0.2, -0.15) is 16.6 Å². The first-order valence-corrected chi connectivity index (χ1v) is 5.64. The Morgan fingerprint density at radius 1 is 1.29 bits per heavy atom. The van der Waals surface area contributed by atoms with E-state index in [0.29, 0.717) is 0 Å². The van der Waals surface area contributed by atoms with Crippen LogP contribution in [0.1, 0.15) is 22.7 Å². The van der Waals surface area contributed by atoms with Crippen LogP contribution in [0.15, 0.2) is 35.0 Å².